The summed E-state index contributed by atoms with van der Waals surface area (Å²) in [6.45, 7) is 8.03. The summed E-state index contributed by atoms with van der Waals surface area (Å²) in [5.74, 6) is 0. The molecule has 0 aromatic rings. The van der Waals surface area contributed by atoms with Gasteiger partial charge in [-0.3, -0.25) is 0 Å². The van der Waals surface area contributed by atoms with Crippen LogP contribution < -0.4 is 0 Å². The van der Waals surface area contributed by atoms with Crippen molar-refractivity contribution < 1.29 is 37.9 Å². The number of hydrogen-bond donors (Lipinski definition) is 0. The van der Waals surface area contributed by atoms with Gasteiger partial charge in [0.1, 0.15) is 24.4 Å². The summed E-state index contributed by atoms with van der Waals surface area (Å²) in [4.78, 5) is 0. The number of ether oxygens (including phenoxy) is 8. The van der Waals surface area contributed by atoms with Crippen LogP contribution in [0.5, 0.6) is 0 Å². The third-order valence-electron chi connectivity index (χ3n) is 4.02. The summed E-state index contributed by atoms with van der Waals surface area (Å²) < 4.78 is 44.4. The SMILES string of the molecule is CC1OCC(OCC(COC2COC(C)OC2)OCC2CO2)CO1. The number of epoxide rings is 1. The van der Waals surface area contributed by atoms with E-state index in [9.17, 15) is 0 Å². The molecule has 24 heavy (non-hydrogen) atoms. The molecule has 3 aliphatic heterocycles. The zero-order valence-electron chi connectivity index (χ0n) is 14.4. The first-order chi connectivity index (χ1) is 11.7. The average Bonchev–Trinajstić information content (AvgIpc) is 3.41. The van der Waals surface area contributed by atoms with Gasteiger partial charge in [0.25, 0.3) is 0 Å². The second-order valence-electron chi connectivity index (χ2n) is 6.29. The van der Waals surface area contributed by atoms with E-state index in [0.29, 0.717) is 46.2 Å². The van der Waals surface area contributed by atoms with Gasteiger partial charge in [-0.25, -0.2) is 0 Å². The maximum absolute atomic E-state index is 5.85. The van der Waals surface area contributed by atoms with Crippen molar-refractivity contribution in [1.82, 2.24) is 0 Å². The highest BCUT2D eigenvalue weighted by Gasteiger charge is 2.27. The Kier molecular flexibility index (Phi) is 7.23. The predicted octanol–water partition coefficient (Wildman–Crippen LogP) is 0.326. The van der Waals surface area contributed by atoms with Gasteiger partial charge in [0.15, 0.2) is 12.6 Å². The molecule has 3 aliphatic rings. The minimum Gasteiger partial charge on any atom is -0.371 e. The van der Waals surface area contributed by atoms with Crippen LogP contribution in [0.2, 0.25) is 0 Å². The molecule has 0 amide bonds. The summed E-state index contributed by atoms with van der Waals surface area (Å²) in [6, 6.07) is 0. The second kappa shape index (κ2) is 9.40. The largest absolute Gasteiger partial charge is 0.371 e. The molecule has 0 aliphatic carbocycles. The Morgan fingerprint density at radius 2 is 1.21 bits per heavy atom. The van der Waals surface area contributed by atoms with Gasteiger partial charge in [-0.1, -0.05) is 0 Å². The molecular weight excluding hydrogens is 320 g/mol. The molecule has 0 spiro atoms. The Bertz CT molecular complexity index is 322. The fourth-order valence-corrected chi connectivity index (χ4v) is 2.40. The topological polar surface area (TPSA) is 77.1 Å². The molecule has 3 saturated heterocycles. The van der Waals surface area contributed by atoms with Crippen LogP contribution in [0.15, 0.2) is 0 Å². The standard InChI is InChI=1S/C16H28O8/c1-11-17-3-13(4-18-11)21-7-15(23-9-16-10-24-16)8-22-14-5-19-12(2)20-6-14/h11-16H,3-10H2,1-2H3. The fraction of sp³-hybridized carbons (Fsp3) is 1.00. The zero-order chi connectivity index (χ0) is 16.8. The van der Waals surface area contributed by atoms with Crippen molar-refractivity contribution in [3.05, 3.63) is 0 Å². The Hall–Kier alpha value is -0.320. The molecule has 0 saturated carbocycles. The van der Waals surface area contributed by atoms with Crippen molar-refractivity contribution in [2.75, 3.05) is 52.9 Å². The zero-order valence-corrected chi connectivity index (χ0v) is 14.4. The lowest BCUT2D eigenvalue weighted by molar-refractivity contribution is -0.233. The molecule has 0 aromatic heterocycles. The molecule has 3 rings (SSSR count). The van der Waals surface area contributed by atoms with Crippen molar-refractivity contribution in [3.63, 3.8) is 0 Å². The highest BCUT2D eigenvalue weighted by Crippen LogP contribution is 2.14. The van der Waals surface area contributed by atoms with Gasteiger partial charge in [0, 0.05) is 0 Å². The third kappa shape index (κ3) is 6.53. The highest BCUT2D eigenvalue weighted by atomic mass is 16.7. The van der Waals surface area contributed by atoms with Crippen LogP contribution >= 0.6 is 0 Å². The van der Waals surface area contributed by atoms with Gasteiger partial charge in [0.2, 0.25) is 0 Å². The Morgan fingerprint density at radius 3 is 1.62 bits per heavy atom. The quantitative estimate of drug-likeness (QED) is 0.552. The van der Waals surface area contributed by atoms with Crippen molar-refractivity contribution in [3.8, 4) is 0 Å². The molecule has 0 bridgehead atoms. The normalized spacial score (nSPS) is 38.0. The van der Waals surface area contributed by atoms with Crippen molar-refractivity contribution in [2.45, 2.75) is 50.8 Å². The van der Waals surface area contributed by atoms with E-state index in [1.165, 1.54) is 0 Å². The average molecular weight is 348 g/mol. The molecule has 3 heterocycles. The molecule has 0 N–H and O–H groups in total. The van der Waals surface area contributed by atoms with Crippen LogP contribution in [-0.4, -0.2) is 89.9 Å². The Balaban J connectivity index is 1.36. The first-order valence-corrected chi connectivity index (χ1v) is 8.62. The van der Waals surface area contributed by atoms with Crippen molar-refractivity contribution in [2.24, 2.45) is 0 Å². The van der Waals surface area contributed by atoms with Crippen molar-refractivity contribution >= 4 is 0 Å². The molecule has 140 valence electrons. The Morgan fingerprint density at radius 1 is 0.750 bits per heavy atom. The van der Waals surface area contributed by atoms with E-state index in [1.807, 2.05) is 13.8 Å². The number of hydrogen-bond acceptors (Lipinski definition) is 8. The fourth-order valence-electron chi connectivity index (χ4n) is 2.40. The van der Waals surface area contributed by atoms with Gasteiger partial charge in [-0.2, -0.15) is 0 Å². The van der Waals surface area contributed by atoms with E-state index >= 15 is 0 Å². The summed E-state index contributed by atoms with van der Waals surface area (Å²) >= 11 is 0. The van der Waals surface area contributed by atoms with E-state index in [-0.39, 0.29) is 37.0 Å². The smallest absolute Gasteiger partial charge is 0.155 e. The van der Waals surface area contributed by atoms with Crippen molar-refractivity contribution in [1.29, 1.82) is 0 Å². The minimum absolute atomic E-state index is 0.0772. The van der Waals surface area contributed by atoms with Crippen LogP contribution in [0, 0.1) is 0 Å². The number of rotatable bonds is 9. The maximum Gasteiger partial charge on any atom is 0.155 e. The van der Waals surface area contributed by atoms with Crippen LogP contribution in [0.1, 0.15) is 13.8 Å². The predicted molar refractivity (Wildman–Crippen MR) is 81.7 cm³/mol. The van der Waals surface area contributed by atoms with Gasteiger partial charge < -0.3 is 37.9 Å². The van der Waals surface area contributed by atoms with Gasteiger partial charge in [-0.15, -0.1) is 0 Å². The summed E-state index contributed by atoms with van der Waals surface area (Å²) in [6.07, 6.45) is -0.454. The van der Waals surface area contributed by atoms with E-state index in [4.69, 9.17) is 37.9 Å². The van der Waals surface area contributed by atoms with Crippen LogP contribution in [-0.2, 0) is 37.9 Å². The molecule has 0 aromatic carbocycles. The first-order valence-electron chi connectivity index (χ1n) is 8.62. The molecule has 8 heteroatoms. The molecule has 1 atom stereocenters. The third-order valence-corrected chi connectivity index (χ3v) is 4.02. The van der Waals surface area contributed by atoms with Gasteiger partial charge >= 0.3 is 0 Å². The van der Waals surface area contributed by atoms with Crippen LogP contribution in [0.25, 0.3) is 0 Å². The monoisotopic (exact) mass is 348 g/mol. The lowest BCUT2D eigenvalue weighted by Crippen LogP contribution is -2.41. The van der Waals surface area contributed by atoms with E-state index in [0.717, 1.165) is 6.61 Å². The molecule has 1 unspecified atom stereocenters. The summed E-state index contributed by atoms with van der Waals surface area (Å²) in [5, 5.41) is 0. The lowest BCUT2D eigenvalue weighted by Gasteiger charge is -2.30. The van der Waals surface area contributed by atoms with Crippen LogP contribution in [0.4, 0.5) is 0 Å². The van der Waals surface area contributed by atoms with Gasteiger partial charge in [0.05, 0.1) is 52.9 Å². The summed E-state index contributed by atoms with van der Waals surface area (Å²) in [5.41, 5.74) is 0. The van der Waals surface area contributed by atoms with E-state index in [2.05, 4.69) is 0 Å². The first kappa shape index (κ1) is 18.5. The Labute approximate surface area is 142 Å². The van der Waals surface area contributed by atoms with E-state index < -0.39 is 0 Å². The van der Waals surface area contributed by atoms with Gasteiger partial charge in [-0.05, 0) is 13.8 Å². The summed E-state index contributed by atoms with van der Waals surface area (Å²) in [7, 11) is 0. The van der Waals surface area contributed by atoms with Crippen LogP contribution in [0.3, 0.4) is 0 Å². The molecule has 8 nitrogen and oxygen atoms in total. The minimum atomic E-state index is -0.173. The molecule has 3 fully saturated rings. The second-order valence-corrected chi connectivity index (χ2v) is 6.29. The lowest BCUT2D eigenvalue weighted by atomic mass is 10.3. The molecular formula is C16H28O8. The van der Waals surface area contributed by atoms with E-state index in [1.54, 1.807) is 0 Å². The molecule has 0 radical (unpaired) electrons. The maximum atomic E-state index is 5.85. The highest BCUT2D eigenvalue weighted by molar-refractivity contribution is 4.71.